The van der Waals surface area contributed by atoms with Crippen molar-refractivity contribution in [1.82, 2.24) is 20.0 Å². The molecule has 8 heteroatoms. The van der Waals surface area contributed by atoms with Crippen molar-refractivity contribution in [1.29, 1.82) is 0 Å². The molecule has 4 rings (SSSR count). The van der Waals surface area contributed by atoms with Crippen LogP contribution < -0.4 is 10.2 Å². The van der Waals surface area contributed by atoms with E-state index in [0.29, 0.717) is 25.7 Å². The smallest absolute Gasteiger partial charge is 0.410 e. The van der Waals surface area contributed by atoms with Gasteiger partial charge in [-0.05, 0) is 40.0 Å². The Labute approximate surface area is 159 Å². The molecule has 2 amide bonds. The van der Waals surface area contributed by atoms with E-state index in [1.165, 1.54) is 0 Å². The molecule has 2 fully saturated rings. The second-order valence-corrected chi connectivity index (χ2v) is 9.07. The zero-order chi connectivity index (χ0) is 19.3. The maximum absolute atomic E-state index is 13.1. The molecule has 3 aliphatic rings. The quantitative estimate of drug-likeness (QED) is 0.806. The first kappa shape index (κ1) is 18.3. The third-order valence-electron chi connectivity index (χ3n) is 5.53. The summed E-state index contributed by atoms with van der Waals surface area (Å²) in [5.41, 5.74) is 1.46. The maximum Gasteiger partial charge on any atom is 0.410 e. The SMILES string of the molecule is C[C@H]1Cn2ncc(N3CC4CC(CN(C(=O)OC(C)(C)C)C4)C3=O)c2CN1. The number of carbonyl (C=O) groups is 2. The molecular weight excluding hydrogens is 346 g/mol. The van der Waals surface area contributed by atoms with Crippen LogP contribution in [0, 0.1) is 11.8 Å². The highest BCUT2D eigenvalue weighted by molar-refractivity contribution is 5.97. The summed E-state index contributed by atoms with van der Waals surface area (Å²) in [6, 6.07) is 0.379. The van der Waals surface area contributed by atoms with Crippen molar-refractivity contribution in [2.24, 2.45) is 11.8 Å². The van der Waals surface area contributed by atoms with Gasteiger partial charge in [0, 0.05) is 32.2 Å². The summed E-state index contributed by atoms with van der Waals surface area (Å²) in [6.07, 6.45) is 2.34. The third-order valence-corrected chi connectivity index (χ3v) is 5.53. The first-order valence-corrected chi connectivity index (χ1v) is 9.78. The van der Waals surface area contributed by atoms with Crippen LogP contribution in [-0.2, 0) is 22.6 Å². The van der Waals surface area contributed by atoms with Crippen molar-refractivity contribution in [3.63, 3.8) is 0 Å². The Bertz CT molecular complexity index is 753. The van der Waals surface area contributed by atoms with Gasteiger partial charge in [-0.2, -0.15) is 5.10 Å². The van der Waals surface area contributed by atoms with Crippen molar-refractivity contribution in [2.75, 3.05) is 24.5 Å². The summed E-state index contributed by atoms with van der Waals surface area (Å²) < 4.78 is 7.50. The fourth-order valence-corrected chi connectivity index (χ4v) is 4.34. The minimum Gasteiger partial charge on any atom is -0.444 e. The van der Waals surface area contributed by atoms with Gasteiger partial charge in [0.05, 0.1) is 30.0 Å². The largest absolute Gasteiger partial charge is 0.444 e. The Balaban J connectivity index is 1.50. The first-order chi connectivity index (χ1) is 12.7. The Morgan fingerprint density at radius 1 is 1.26 bits per heavy atom. The van der Waals surface area contributed by atoms with E-state index in [0.717, 1.165) is 30.9 Å². The number of carbonyl (C=O) groups excluding carboxylic acids is 2. The van der Waals surface area contributed by atoms with E-state index < -0.39 is 5.60 Å². The van der Waals surface area contributed by atoms with Gasteiger partial charge in [0.1, 0.15) is 5.60 Å². The van der Waals surface area contributed by atoms with E-state index in [9.17, 15) is 9.59 Å². The molecule has 27 heavy (non-hydrogen) atoms. The molecule has 2 unspecified atom stereocenters. The van der Waals surface area contributed by atoms with Gasteiger partial charge in [-0.15, -0.1) is 0 Å². The molecule has 0 saturated carbocycles. The lowest BCUT2D eigenvalue weighted by atomic mass is 9.84. The Morgan fingerprint density at radius 2 is 2.04 bits per heavy atom. The zero-order valence-corrected chi connectivity index (χ0v) is 16.6. The molecular formula is C19H29N5O3. The molecule has 2 bridgehead atoms. The number of anilines is 1. The van der Waals surface area contributed by atoms with Crippen LogP contribution >= 0.6 is 0 Å². The van der Waals surface area contributed by atoms with Crippen molar-refractivity contribution in [2.45, 2.75) is 58.8 Å². The van der Waals surface area contributed by atoms with Gasteiger partial charge in [0.15, 0.2) is 0 Å². The molecule has 0 radical (unpaired) electrons. The number of amides is 2. The lowest BCUT2D eigenvalue weighted by molar-refractivity contribution is -0.127. The zero-order valence-electron chi connectivity index (χ0n) is 16.6. The van der Waals surface area contributed by atoms with Crippen molar-refractivity contribution in [3.05, 3.63) is 11.9 Å². The first-order valence-electron chi connectivity index (χ1n) is 9.78. The molecule has 3 aliphatic heterocycles. The molecule has 0 aromatic carbocycles. The van der Waals surface area contributed by atoms with E-state index in [-0.39, 0.29) is 23.8 Å². The summed E-state index contributed by atoms with van der Waals surface area (Å²) in [4.78, 5) is 29.2. The van der Waals surface area contributed by atoms with Crippen LogP contribution in [0.5, 0.6) is 0 Å². The third kappa shape index (κ3) is 3.54. The van der Waals surface area contributed by atoms with E-state index in [1.807, 2.05) is 36.5 Å². The minimum atomic E-state index is -0.527. The van der Waals surface area contributed by atoms with Crippen molar-refractivity contribution >= 4 is 17.7 Å². The molecule has 2 saturated heterocycles. The van der Waals surface area contributed by atoms with E-state index in [2.05, 4.69) is 17.3 Å². The summed E-state index contributed by atoms with van der Waals surface area (Å²) in [7, 11) is 0. The number of hydrogen-bond acceptors (Lipinski definition) is 5. The highest BCUT2D eigenvalue weighted by Crippen LogP contribution is 2.35. The lowest BCUT2D eigenvalue weighted by Gasteiger charge is -2.45. The van der Waals surface area contributed by atoms with Crippen LogP contribution in [0.1, 0.15) is 39.8 Å². The normalized spacial score (nSPS) is 28.1. The van der Waals surface area contributed by atoms with Gasteiger partial charge in [-0.3, -0.25) is 9.48 Å². The van der Waals surface area contributed by atoms with Crippen LogP contribution in [-0.4, -0.2) is 58.0 Å². The number of likely N-dealkylation sites (tertiary alicyclic amines) is 1. The van der Waals surface area contributed by atoms with Crippen molar-refractivity contribution < 1.29 is 14.3 Å². The number of nitrogens with one attached hydrogen (secondary N) is 1. The second-order valence-electron chi connectivity index (χ2n) is 9.07. The van der Waals surface area contributed by atoms with Gasteiger partial charge >= 0.3 is 6.09 Å². The molecule has 0 spiro atoms. The highest BCUT2D eigenvalue weighted by Gasteiger charge is 2.43. The molecule has 148 valence electrons. The predicted octanol–water partition coefficient (Wildman–Crippen LogP) is 1.59. The molecule has 1 aromatic heterocycles. The number of ether oxygens (including phenoxy) is 1. The molecule has 1 aromatic rings. The van der Waals surface area contributed by atoms with E-state index >= 15 is 0 Å². The van der Waals surface area contributed by atoms with Crippen LogP contribution in [0.25, 0.3) is 0 Å². The Kier molecular flexibility index (Phi) is 4.41. The highest BCUT2D eigenvalue weighted by atomic mass is 16.6. The summed E-state index contributed by atoms with van der Waals surface area (Å²) in [5, 5.41) is 7.94. The number of piperidine rings is 2. The average Bonchev–Trinajstić information content (AvgIpc) is 2.99. The molecule has 4 heterocycles. The Hall–Kier alpha value is -2.09. The van der Waals surface area contributed by atoms with Crippen LogP contribution in [0.3, 0.4) is 0 Å². The van der Waals surface area contributed by atoms with Crippen molar-refractivity contribution in [3.8, 4) is 0 Å². The van der Waals surface area contributed by atoms with Crippen LogP contribution in [0.4, 0.5) is 10.5 Å². The number of rotatable bonds is 1. The number of hydrogen-bond donors (Lipinski definition) is 1. The minimum absolute atomic E-state index is 0.0916. The predicted molar refractivity (Wildman–Crippen MR) is 100 cm³/mol. The monoisotopic (exact) mass is 375 g/mol. The van der Waals surface area contributed by atoms with Gasteiger partial charge in [-0.1, -0.05) is 0 Å². The van der Waals surface area contributed by atoms with Gasteiger partial charge in [-0.25, -0.2) is 4.79 Å². The molecule has 8 nitrogen and oxygen atoms in total. The van der Waals surface area contributed by atoms with E-state index in [1.54, 1.807) is 4.90 Å². The molecule has 0 aliphatic carbocycles. The summed E-state index contributed by atoms with van der Waals surface area (Å²) in [5.74, 6) is 0.185. The lowest BCUT2D eigenvalue weighted by Crippen LogP contribution is -2.57. The second kappa shape index (κ2) is 6.51. The van der Waals surface area contributed by atoms with Gasteiger partial charge < -0.3 is 19.9 Å². The van der Waals surface area contributed by atoms with Crippen LogP contribution in [0.15, 0.2) is 6.20 Å². The number of aromatic nitrogens is 2. The average molecular weight is 375 g/mol. The standard InChI is InChI=1S/C19H29N5O3/c1-12-8-24-16(6-20-12)15(7-21-24)23-10-13-5-14(17(23)25)11-22(9-13)18(26)27-19(2,3)4/h7,12-14,20H,5-6,8-11H2,1-4H3/t12-,13?,14?/m0/s1. The number of fused-ring (bicyclic) bond motifs is 3. The topological polar surface area (TPSA) is 79.7 Å². The fourth-order valence-electron chi connectivity index (χ4n) is 4.34. The molecule has 1 N–H and O–H groups in total. The van der Waals surface area contributed by atoms with Gasteiger partial charge in [0.25, 0.3) is 0 Å². The summed E-state index contributed by atoms with van der Waals surface area (Å²) >= 11 is 0. The summed E-state index contributed by atoms with van der Waals surface area (Å²) in [6.45, 7) is 10.9. The van der Waals surface area contributed by atoms with Gasteiger partial charge in [0.2, 0.25) is 5.91 Å². The van der Waals surface area contributed by atoms with E-state index in [4.69, 9.17) is 4.74 Å². The fraction of sp³-hybridized carbons (Fsp3) is 0.737. The maximum atomic E-state index is 13.1. The number of nitrogens with zero attached hydrogens (tertiary/aromatic N) is 4. The Morgan fingerprint density at radius 3 is 2.78 bits per heavy atom. The molecule has 3 atom stereocenters. The van der Waals surface area contributed by atoms with Crippen LogP contribution in [0.2, 0.25) is 0 Å².